The Morgan fingerprint density at radius 2 is 1.79 bits per heavy atom. The van der Waals surface area contributed by atoms with Gasteiger partial charge in [0.15, 0.2) is 0 Å². The average Bonchev–Trinajstić information content (AvgIpc) is 2.72. The zero-order chi connectivity index (χ0) is 21.8. The number of hydrogen-bond donors (Lipinski definition) is 4. The van der Waals surface area contributed by atoms with Crippen LogP contribution in [0.25, 0.3) is 0 Å². The summed E-state index contributed by atoms with van der Waals surface area (Å²) in [7, 11) is 1.46. The summed E-state index contributed by atoms with van der Waals surface area (Å²) in [6, 6.07) is 7.16. The molecule has 0 aliphatic rings. The van der Waals surface area contributed by atoms with Gasteiger partial charge in [-0.3, -0.25) is 9.59 Å². The second kappa shape index (κ2) is 12.7. The van der Waals surface area contributed by atoms with Crippen molar-refractivity contribution in [2.75, 3.05) is 13.7 Å². The molecular formula is C20H30FN3O5. The van der Waals surface area contributed by atoms with Gasteiger partial charge in [0.1, 0.15) is 25.4 Å². The van der Waals surface area contributed by atoms with Gasteiger partial charge in [0, 0.05) is 13.5 Å². The largest absolute Gasteiger partial charge is 0.445 e. The number of alkyl halides is 1. The molecule has 0 radical (unpaired) electrons. The lowest BCUT2D eigenvalue weighted by Gasteiger charge is -2.27. The van der Waals surface area contributed by atoms with Crippen molar-refractivity contribution >= 4 is 17.9 Å². The molecule has 1 aromatic rings. The fourth-order valence-corrected chi connectivity index (χ4v) is 2.58. The van der Waals surface area contributed by atoms with Crippen LogP contribution < -0.4 is 16.0 Å². The van der Waals surface area contributed by atoms with Crippen molar-refractivity contribution in [2.24, 2.45) is 5.92 Å². The third-order valence-corrected chi connectivity index (χ3v) is 4.35. The first-order valence-corrected chi connectivity index (χ1v) is 9.50. The van der Waals surface area contributed by atoms with Crippen molar-refractivity contribution in [1.82, 2.24) is 16.0 Å². The number of hydrogen-bond acceptors (Lipinski definition) is 5. The van der Waals surface area contributed by atoms with Crippen molar-refractivity contribution in [1.29, 1.82) is 0 Å². The van der Waals surface area contributed by atoms with Crippen molar-refractivity contribution in [3.05, 3.63) is 35.9 Å². The first-order chi connectivity index (χ1) is 13.8. The van der Waals surface area contributed by atoms with E-state index in [9.17, 15) is 23.9 Å². The van der Waals surface area contributed by atoms with Crippen LogP contribution in [-0.4, -0.2) is 54.9 Å². The van der Waals surface area contributed by atoms with E-state index in [1.807, 2.05) is 18.2 Å². The molecule has 9 heteroatoms. The molecule has 1 rings (SSSR count). The number of alkyl carbamates (subject to hydrolysis) is 1. The van der Waals surface area contributed by atoms with E-state index in [-0.39, 0.29) is 31.3 Å². The van der Waals surface area contributed by atoms with Crippen LogP contribution in [0.4, 0.5) is 9.18 Å². The molecule has 0 spiro atoms. The van der Waals surface area contributed by atoms with Gasteiger partial charge in [-0.1, -0.05) is 44.2 Å². The van der Waals surface area contributed by atoms with Crippen LogP contribution in [0.5, 0.6) is 0 Å². The number of aliphatic hydroxyl groups is 1. The Labute approximate surface area is 170 Å². The Kier molecular flexibility index (Phi) is 10.7. The van der Waals surface area contributed by atoms with Gasteiger partial charge < -0.3 is 25.8 Å². The summed E-state index contributed by atoms with van der Waals surface area (Å²) in [5.74, 6) is -1.18. The first-order valence-electron chi connectivity index (χ1n) is 9.50. The molecular weight excluding hydrogens is 381 g/mol. The molecule has 4 N–H and O–H groups in total. The van der Waals surface area contributed by atoms with E-state index in [2.05, 4.69) is 16.0 Å². The van der Waals surface area contributed by atoms with E-state index in [0.717, 1.165) is 5.56 Å². The van der Waals surface area contributed by atoms with E-state index >= 15 is 0 Å². The SMILES string of the molecule is CNC(=O)CCC(NC(=O)[C@@H](NC(=O)OCc1ccccc1)C(C)C)C(O)CF. The number of nitrogens with one attached hydrogen (secondary N) is 3. The van der Waals surface area contributed by atoms with Crippen LogP contribution in [0.1, 0.15) is 32.3 Å². The average molecular weight is 411 g/mol. The standard InChI is InChI=1S/C20H30FN3O5/c1-13(2)18(24-20(28)29-12-14-7-5-4-6-8-14)19(27)23-15(16(25)11-21)9-10-17(26)22-3/h4-8,13,15-16,18,25H,9-12H2,1-3H3,(H,22,26)(H,23,27)(H,24,28)/t15?,16?,18-/m0/s1. The van der Waals surface area contributed by atoms with E-state index < -0.39 is 36.9 Å². The molecule has 0 aromatic heterocycles. The maximum atomic E-state index is 12.9. The lowest BCUT2D eigenvalue weighted by atomic mass is 10.0. The maximum Gasteiger partial charge on any atom is 0.408 e. The summed E-state index contributed by atoms with van der Waals surface area (Å²) < 4.78 is 18.1. The third-order valence-electron chi connectivity index (χ3n) is 4.35. The highest BCUT2D eigenvalue weighted by atomic mass is 19.1. The van der Waals surface area contributed by atoms with Crippen LogP contribution in [0.3, 0.4) is 0 Å². The molecule has 162 valence electrons. The fraction of sp³-hybridized carbons (Fsp3) is 0.550. The van der Waals surface area contributed by atoms with Gasteiger partial charge in [-0.15, -0.1) is 0 Å². The number of ether oxygens (including phenoxy) is 1. The number of carbonyl (C=O) groups is 3. The Balaban J connectivity index is 2.67. The smallest absolute Gasteiger partial charge is 0.408 e. The lowest BCUT2D eigenvalue weighted by Crippen LogP contribution is -2.55. The van der Waals surface area contributed by atoms with Crippen LogP contribution in [0.2, 0.25) is 0 Å². The van der Waals surface area contributed by atoms with Crippen LogP contribution in [-0.2, 0) is 20.9 Å². The Morgan fingerprint density at radius 3 is 2.34 bits per heavy atom. The summed E-state index contributed by atoms with van der Waals surface area (Å²) in [6.45, 7) is 2.44. The minimum Gasteiger partial charge on any atom is -0.445 e. The van der Waals surface area contributed by atoms with Gasteiger partial charge in [0.05, 0.1) is 6.04 Å². The number of halogens is 1. The topological polar surface area (TPSA) is 117 Å². The van der Waals surface area contributed by atoms with E-state index in [1.165, 1.54) is 7.05 Å². The van der Waals surface area contributed by atoms with Crippen LogP contribution in [0.15, 0.2) is 30.3 Å². The predicted octanol–water partition coefficient (Wildman–Crippen LogP) is 1.28. The Hall–Kier alpha value is -2.68. The molecule has 0 heterocycles. The lowest BCUT2D eigenvalue weighted by molar-refractivity contribution is -0.126. The maximum absolute atomic E-state index is 12.9. The second-order valence-electron chi connectivity index (χ2n) is 6.98. The molecule has 0 fully saturated rings. The van der Waals surface area contributed by atoms with Crippen molar-refractivity contribution in [2.45, 2.75) is 51.5 Å². The Morgan fingerprint density at radius 1 is 1.14 bits per heavy atom. The van der Waals surface area contributed by atoms with Gasteiger partial charge in [-0.05, 0) is 17.9 Å². The van der Waals surface area contributed by atoms with E-state index in [4.69, 9.17) is 4.74 Å². The molecule has 3 amide bonds. The number of amides is 3. The summed E-state index contributed by atoms with van der Waals surface area (Å²) in [5.41, 5.74) is 0.800. The summed E-state index contributed by atoms with van der Waals surface area (Å²) >= 11 is 0. The van der Waals surface area contributed by atoms with Gasteiger partial charge in [-0.2, -0.15) is 0 Å². The van der Waals surface area contributed by atoms with Gasteiger partial charge in [0.25, 0.3) is 0 Å². The van der Waals surface area contributed by atoms with Crippen LogP contribution in [0, 0.1) is 5.92 Å². The fourth-order valence-electron chi connectivity index (χ4n) is 2.58. The molecule has 1 aromatic carbocycles. The quantitative estimate of drug-likeness (QED) is 0.438. The molecule has 0 saturated heterocycles. The summed E-state index contributed by atoms with van der Waals surface area (Å²) in [6.07, 6.45) is -2.16. The third kappa shape index (κ3) is 8.91. The number of carbonyl (C=O) groups excluding carboxylic acids is 3. The molecule has 0 aliphatic heterocycles. The summed E-state index contributed by atoms with van der Waals surface area (Å²) in [4.78, 5) is 36.1. The molecule has 2 unspecified atom stereocenters. The molecule has 29 heavy (non-hydrogen) atoms. The normalized spacial score (nSPS) is 13.9. The molecule has 3 atom stereocenters. The monoisotopic (exact) mass is 411 g/mol. The van der Waals surface area contributed by atoms with Crippen molar-refractivity contribution in [3.63, 3.8) is 0 Å². The highest BCUT2D eigenvalue weighted by Gasteiger charge is 2.29. The van der Waals surface area contributed by atoms with Crippen molar-refractivity contribution < 1.29 is 28.6 Å². The molecule has 8 nitrogen and oxygen atoms in total. The first kappa shape index (κ1) is 24.4. The van der Waals surface area contributed by atoms with Gasteiger partial charge >= 0.3 is 6.09 Å². The number of benzene rings is 1. The van der Waals surface area contributed by atoms with Crippen molar-refractivity contribution in [3.8, 4) is 0 Å². The zero-order valence-corrected chi connectivity index (χ0v) is 17.0. The zero-order valence-electron chi connectivity index (χ0n) is 17.0. The highest BCUT2D eigenvalue weighted by molar-refractivity contribution is 5.86. The molecule has 0 aliphatic carbocycles. The molecule has 0 bridgehead atoms. The minimum absolute atomic E-state index is 0.0113. The number of rotatable bonds is 11. The summed E-state index contributed by atoms with van der Waals surface area (Å²) in [5, 5.41) is 17.3. The minimum atomic E-state index is -1.46. The van der Waals surface area contributed by atoms with Crippen LogP contribution >= 0.6 is 0 Å². The second-order valence-corrected chi connectivity index (χ2v) is 6.98. The Bertz CT molecular complexity index is 657. The van der Waals surface area contributed by atoms with E-state index in [1.54, 1.807) is 26.0 Å². The van der Waals surface area contributed by atoms with Gasteiger partial charge in [0.2, 0.25) is 11.8 Å². The number of aliphatic hydroxyl groups excluding tert-OH is 1. The molecule has 0 saturated carbocycles. The predicted molar refractivity (Wildman–Crippen MR) is 106 cm³/mol. The highest BCUT2D eigenvalue weighted by Crippen LogP contribution is 2.09. The van der Waals surface area contributed by atoms with Gasteiger partial charge in [-0.25, -0.2) is 9.18 Å². The van der Waals surface area contributed by atoms with E-state index in [0.29, 0.717) is 0 Å².